The molecule has 0 spiro atoms. The molecule has 0 saturated heterocycles. The van der Waals surface area contributed by atoms with Crippen molar-refractivity contribution in [3.63, 3.8) is 0 Å². The van der Waals surface area contributed by atoms with E-state index in [1.807, 2.05) is 0 Å². The highest BCUT2D eigenvalue weighted by atomic mass is 35.5. The molecule has 0 radical (unpaired) electrons. The number of carbonyl (C=O) groups excluding carboxylic acids is 1. The Morgan fingerprint density at radius 1 is 1.47 bits per heavy atom. The Kier molecular flexibility index (Phi) is 6.12. The van der Waals surface area contributed by atoms with Crippen LogP contribution in [-0.2, 0) is 11.2 Å². The van der Waals surface area contributed by atoms with Gasteiger partial charge >= 0.3 is 0 Å². The van der Waals surface area contributed by atoms with Crippen LogP contribution in [0.1, 0.15) is 18.9 Å². The Morgan fingerprint density at radius 2 is 2.21 bits per heavy atom. The first-order chi connectivity index (χ1) is 8.72. The molecule has 1 heterocycles. The van der Waals surface area contributed by atoms with Crippen molar-refractivity contribution >= 4 is 24.0 Å². The monoisotopic (exact) mass is 283 g/mol. The molecule has 4 nitrogen and oxygen atoms in total. The number of rotatable bonds is 5. The van der Waals surface area contributed by atoms with E-state index in [-0.39, 0.29) is 18.3 Å². The molecule has 0 bridgehead atoms. The van der Waals surface area contributed by atoms with E-state index < -0.39 is 0 Å². The third-order valence-electron chi connectivity index (χ3n) is 3.42. The number of halogens is 1. The highest BCUT2D eigenvalue weighted by molar-refractivity contribution is 5.85. The number of benzene rings is 1. The first-order valence-electron chi connectivity index (χ1n) is 6.53. The Bertz CT molecular complexity index is 425. The number of para-hydroxylation sites is 1. The van der Waals surface area contributed by atoms with Gasteiger partial charge in [-0.25, -0.2) is 0 Å². The van der Waals surface area contributed by atoms with E-state index in [0.29, 0.717) is 25.6 Å². The van der Waals surface area contributed by atoms with Gasteiger partial charge in [0.2, 0.25) is 5.91 Å². The van der Waals surface area contributed by atoms with E-state index in [1.54, 1.807) is 0 Å². The number of hydrogen-bond donors (Lipinski definition) is 2. The molecule has 5 heteroatoms. The predicted molar refractivity (Wildman–Crippen MR) is 80.9 cm³/mol. The zero-order valence-corrected chi connectivity index (χ0v) is 12.1. The van der Waals surface area contributed by atoms with Crippen LogP contribution in [0.5, 0.6) is 0 Å². The van der Waals surface area contributed by atoms with Crippen LogP contribution in [0.15, 0.2) is 24.3 Å². The summed E-state index contributed by atoms with van der Waals surface area (Å²) in [4.78, 5) is 13.8. The SMILES string of the molecule is CC(CNC(=O)CCN)N1CCc2ccccc21.Cl. The summed E-state index contributed by atoms with van der Waals surface area (Å²) in [6.07, 6.45) is 1.50. The number of hydrogen-bond acceptors (Lipinski definition) is 3. The van der Waals surface area contributed by atoms with E-state index >= 15 is 0 Å². The molecular weight excluding hydrogens is 262 g/mol. The molecule has 0 fully saturated rings. The molecule has 2 rings (SSSR count). The molecule has 0 aromatic heterocycles. The lowest BCUT2D eigenvalue weighted by atomic mass is 10.2. The normalized spacial score (nSPS) is 14.5. The molecular formula is C14H22ClN3O. The fourth-order valence-electron chi connectivity index (χ4n) is 2.41. The van der Waals surface area contributed by atoms with Crippen LogP contribution in [0.4, 0.5) is 5.69 Å². The highest BCUT2D eigenvalue weighted by Crippen LogP contribution is 2.28. The van der Waals surface area contributed by atoms with Gasteiger partial charge in [-0.15, -0.1) is 12.4 Å². The summed E-state index contributed by atoms with van der Waals surface area (Å²) < 4.78 is 0. The smallest absolute Gasteiger partial charge is 0.221 e. The molecule has 1 aromatic carbocycles. The maximum Gasteiger partial charge on any atom is 0.221 e. The van der Waals surface area contributed by atoms with E-state index in [4.69, 9.17) is 5.73 Å². The zero-order valence-electron chi connectivity index (χ0n) is 11.3. The second-order valence-corrected chi connectivity index (χ2v) is 4.76. The molecule has 3 N–H and O–H groups in total. The summed E-state index contributed by atoms with van der Waals surface area (Å²) in [6, 6.07) is 8.79. The van der Waals surface area contributed by atoms with E-state index in [1.165, 1.54) is 11.3 Å². The van der Waals surface area contributed by atoms with Gasteiger partial charge in [0.15, 0.2) is 0 Å². The summed E-state index contributed by atoms with van der Waals surface area (Å²) in [7, 11) is 0. The molecule has 1 unspecified atom stereocenters. The number of fused-ring (bicyclic) bond motifs is 1. The van der Waals surface area contributed by atoms with Crippen molar-refractivity contribution in [2.24, 2.45) is 5.73 Å². The van der Waals surface area contributed by atoms with Crippen molar-refractivity contribution in [3.8, 4) is 0 Å². The van der Waals surface area contributed by atoms with Gasteiger partial charge in [0, 0.05) is 37.8 Å². The third kappa shape index (κ3) is 3.85. The Labute approximate surface area is 120 Å². The fourth-order valence-corrected chi connectivity index (χ4v) is 2.41. The number of amides is 1. The van der Waals surface area contributed by atoms with Crippen LogP contribution in [0.25, 0.3) is 0 Å². The summed E-state index contributed by atoms with van der Waals surface area (Å²) in [6.45, 7) is 4.26. The number of nitrogens with zero attached hydrogens (tertiary/aromatic N) is 1. The highest BCUT2D eigenvalue weighted by Gasteiger charge is 2.22. The molecule has 1 amide bonds. The third-order valence-corrected chi connectivity index (χ3v) is 3.42. The number of anilines is 1. The van der Waals surface area contributed by atoms with Crippen LogP contribution < -0.4 is 16.0 Å². The maximum atomic E-state index is 11.4. The minimum absolute atomic E-state index is 0. The number of nitrogens with two attached hydrogens (primary N) is 1. The van der Waals surface area contributed by atoms with Crippen molar-refractivity contribution < 1.29 is 4.79 Å². The quantitative estimate of drug-likeness (QED) is 0.857. The van der Waals surface area contributed by atoms with E-state index in [0.717, 1.165) is 13.0 Å². The standard InChI is InChI=1S/C14H21N3O.ClH/c1-11(10-16-14(18)6-8-15)17-9-7-12-4-2-3-5-13(12)17;/h2-5,11H,6-10,15H2,1H3,(H,16,18);1H. The molecule has 0 saturated carbocycles. The molecule has 106 valence electrons. The van der Waals surface area contributed by atoms with Crippen molar-refractivity contribution in [2.75, 3.05) is 24.5 Å². The van der Waals surface area contributed by atoms with Crippen LogP contribution in [-0.4, -0.2) is 31.6 Å². The van der Waals surface area contributed by atoms with Gasteiger partial charge in [-0.2, -0.15) is 0 Å². The van der Waals surface area contributed by atoms with Gasteiger partial charge in [-0.05, 0) is 25.0 Å². The number of carbonyl (C=O) groups is 1. The zero-order chi connectivity index (χ0) is 13.0. The second kappa shape index (κ2) is 7.36. The van der Waals surface area contributed by atoms with Gasteiger partial charge in [0.1, 0.15) is 0 Å². The van der Waals surface area contributed by atoms with Crippen molar-refractivity contribution in [3.05, 3.63) is 29.8 Å². The minimum atomic E-state index is 0. The summed E-state index contributed by atoms with van der Waals surface area (Å²) in [5, 5.41) is 2.93. The fraction of sp³-hybridized carbons (Fsp3) is 0.500. The van der Waals surface area contributed by atoms with E-state index in [2.05, 4.69) is 41.4 Å². The van der Waals surface area contributed by atoms with Crippen molar-refractivity contribution in [2.45, 2.75) is 25.8 Å². The minimum Gasteiger partial charge on any atom is -0.366 e. The predicted octanol–water partition coefficient (Wildman–Crippen LogP) is 1.32. The Morgan fingerprint density at radius 3 is 2.95 bits per heavy atom. The topological polar surface area (TPSA) is 58.4 Å². The summed E-state index contributed by atoms with van der Waals surface area (Å²) in [5.41, 5.74) is 8.05. The molecule has 1 aliphatic heterocycles. The average Bonchev–Trinajstić information content (AvgIpc) is 2.80. The van der Waals surface area contributed by atoms with Crippen molar-refractivity contribution in [1.29, 1.82) is 0 Å². The van der Waals surface area contributed by atoms with Gasteiger partial charge in [-0.3, -0.25) is 4.79 Å². The summed E-state index contributed by atoms with van der Waals surface area (Å²) >= 11 is 0. The van der Waals surface area contributed by atoms with Gasteiger partial charge in [-0.1, -0.05) is 18.2 Å². The van der Waals surface area contributed by atoms with Crippen LogP contribution in [0, 0.1) is 0 Å². The van der Waals surface area contributed by atoms with Crippen LogP contribution in [0.2, 0.25) is 0 Å². The summed E-state index contributed by atoms with van der Waals surface area (Å²) in [5.74, 6) is 0.0387. The largest absolute Gasteiger partial charge is 0.366 e. The van der Waals surface area contributed by atoms with E-state index in [9.17, 15) is 4.79 Å². The molecule has 1 aromatic rings. The lowest BCUT2D eigenvalue weighted by molar-refractivity contribution is -0.120. The maximum absolute atomic E-state index is 11.4. The first kappa shape index (κ1) is 15.8. The van der Waals surface area contributed by atoms with Crippen LogP contribution in [0.3, 0.4) is 0 Å². The van der Waals surface area contributed by atoms with Gasteiger partial charge in [0.05, 0.1) is 0 Å². The lowest BCUT2D eigenvalue weighted by Crippen LogP contribution is -2.41. The second-order valence-electron chi connectivity index (χ2n) is 4.76. The van der Waals surface area contributed by atoms with Crippen molar-refractivity contribution in [1.82, 2.24) is 5.32 Å². The Balaban J connectivity index is 0.00000180. The molecule has 1 aliphatic rings. The van der Waals surface area contributed by atoms with Gasteiger partial charge in [0.25, 0.3) is 0 Å². The molecule has 0 aliphatic carbocycles. The lowest BCUT2D eigenvalue weighted by Gasteiger charge is -2.27. The molecule has 19 heavy (non-hydrogen) atoms. The number of nitrogens with one attached hydrogen (secondary N) is 1. The first-order valence-corrected chi connectivity index (χ1v) is 6.53. The molecule has 1 atom stereocenters. The average molecular weight is 284 g/mol. The van der Waals surface area contributed by atoms with Gasteiger partial charge < -0.3 is 16.0 Å². The van der Waals surface area contributed by atoms with Crippen LogP contribution >= 0.6 is 12.4 Å². The Hall–Kier alpha value is -1.26.